The van der Waals surface area contributed by atoms with Gasteiger partial charge in [-0.3, -0.25) is 14.9 Å². The van der Waals surface area contributed by atoms with Gasteiger partial charge in [0.2, 0.25) is 5.91 Å². The van der Waals surface area contributed by atoms with Crippen molar-refractivity contribution in [3.63, 3.8) is 0 Å². The third kappa shape index (κ3) is 4.52. The Morgan fingerprint density at radius 2 is 2.00 bits per heavy atom. The molecule has 5 nitrogen and oxygen atoms in total. The highest BCUT2D eigenvalue weighted by molar-refractivity contribution is 6.17. The molecule has 0 aromatic heterocycles. The largest absolute Gasteiger partial charge is 0.326 e. The van der Waals surface area contributed by atoms with Crippen LogP contribution in [0.3, 0.4) is 0 Å². The lowest BCUT2D eigenvalue weighted by Crippen LogP contribution is -2.12. The average molecular weight is 285 g/mol. The summed E-state index contributed by atoms with van der Waals surface area (Å²) in [5, 5.41) is 13.6. The molecule has 0 aliphatic rings. The van der Waals surface area contributed by atoms with Crippen LogP contribution in [0.5, 0.6) is 0 Å². The normalized spacial score (nSPS) is 10.3. The minimum absolute atomic E-state index is 0.0673. The SMILES string of the molecule is Cc1cc([N+](=O)[O-])c(C)cc1NC(=O)CCCCCl. The van der Waals surface area contributed by atoms with Gasteiger partial charge in [0.1, 0.15) is 0 Å². The van der Waals surface area contributed by atoms with Gasteiger partial charge in [-0.05, 0) is 38.3 Å². The van der Waals surface area contributed by atoms with Crippen molar-refractivity contribution >= 4 is 28.9 Å². The van der Waals surface area contributed by atoms with E-state index >= 15 is 0 Å². The van der Waals surface area contributed by atoms with Crippen LogP contribution in [-0.2, 0) is 4.79 Å². The molecule has 0 saturated carbocycles. The zero-order chi connectivity index (χ0) is 14.4. The van der Waals surface area contributed by atoms with Crippen LogP contribution in [0.25, 0.3) is 0 Å². The van der Waals surface area contributed by atoms with Gasteiger partial charge < -0.3 is 5.32 Å². The molecule has 1 aromatic rings. The molecule has 0 unspecified atom stereocenters. The van der Waals surface area contributed by atoms with Gasteiger partial charge >= 0.3 is 0 Å². The van der Waals surface area contributed by atoms with Gasteiger partial charge in [-0.1, -0.05) is 0 Å². The Labute approximate surface area is 117 Å². The average Bonchev–Trinajstić information content (AvgIpc) is 2.33. The van der Waals surface area contributed by atoms with Gasteiger partial charge in [-0.25, -0.2) is 0 Å². The number of nitro groups is 1. The summed E-state index contributed by atoms with van der Waals surface area (Å²) in [6.45, 7) is 3.39. The molecule has 0 heterocycles. The number of aryl methyl sites for hydroxylation is 2. The molecule has 0 bridgehead atoms. The number of nitrogens with zero attached hydrogens (tertiary/aromatic N) is 1. The van der Waals surface area contributed by atoms with E-state index in [9.17, 15) is 14.9 Å². The van der Waals surface area contributed by atoms with E-state index in [0.29, 0.717) is 29.1 Å². The predicted octanol–water partition coefficient (Wildman–Crippen LogP) is 3.56. The van der Waals surface area contributed by atoms with Crippen LogP contribution >= 0.6 is 11.6 Å². The third-order valence-electron chi connectivity index (χ3n) is 2.80. The Balaban J connectivity index is 2.77. The van der Waals surface area contributed by atoms with Crippen molar-refractivity contribution in [1.29, 1.82) is 0 Å². The fourth-order valence-electron chi connectivity index (χ4n) is 1.73. The summed E-state index contributed by atoms with van der Waals surface area (Å²) in [5.74, 6) is 0.449. The zero-order valence-electron chi connectivity index (χ0n) is 11.0. The van der Waals surface area contributed by atoms with Crippen molar-refractivity contribution in [2.24, 2.45) is 0 Å². The molecule has 0 aliphatic carbocycles. The zero-order valence-corrected chi connectivity index (χ0v) is 11.8. The van der Waals surface area contributed by atoms with Crippen LogP contribution in [0, 0.1) is 24.0 Å². The Morgan fingerprint density at radius 1 is 1.32 bits per heavy atom. The van der Waals surface area contributed by atoms with Gasteiger partial charge in [0.25, 0.3) is 5.69 Å². The van der Waals surface area contributed by atoms with E-state index < -0.39 is 4.92 Å². The fraction of sp³-hybridized carbons (Fsp3) is 0.462. The predicted molar refractivity (Wildman–Crippen MR) is 75.8 cm³/mol. The smallest absolute Gasteiger partial charge is 0.272 e. The summed E-state index contributed by atoms with van der Waals surface area (Å²) >= 11 is 5.54. The highest BCUT2D eigenvalue weighted by atomic mass is 35.5. The molecule has 6 heteroatoms. The first-order chi connectivity index (χ1) is 8.95. The van der Waals surface area contributed by atoms with E-state index in [1.54, 1.807) is 19.9 Å². The van der Waals surface area contributed by atoms with Gasteiger partial charge in [0.15, 0.2) is 0 Å². The quantitative estimate of drug-likeness (QED) is 0.376. The van der Waals surface area contributed by atoms with E-state index in [-0.39, 0.29) is 11.6 Å². The maximum absolute atomic E-state index is 11.7. The second-order valence-electron chi connectivity index (χ2n) is 4.40. The molecular formula is C13H17ClN2O3. The van der Waals surface area contributed by atoms with Crippen molar-refractivity contribution in [2.45, 2.75) is 33.1 Å². The van der Waals surface area contributed by atoms with Crippen LogP contribution in [0.1, 0.15) is 30.4 Å². The van der Waals surface area contributed by atoms with Gasteiger partial charge in [0, 0.05) is 29.6 Å². The fourth-order valence-corrected chi connectivity index (χ4v) is 1.91. The maximum Gasteiger partial charge on any atom is 0.272 e. The molecular weight excluding hydrogens is 268 g/mol. The van der Waals surface area contributed by atoms with Crippen LogP contribution in [-0.4, -0.2) is 16.7 Å². The Bertz CT molecular complexity index is 489. The molecule has 1 amide bonds. The first-order valence-electron chi connectivity index (χ1n) is 6.07. The Morgan fingerprint density at radius 3 is 2.58 bits per heavy atom. The van der Waals surface area contributed by atoms with Gasteiger partial charge in [-0.2, -0.15) is 0 Å². The van der Waals surface area contributed by atoms with Crippen LogP contribution < -0.4 is 5.32 Å². The van der Waals surface area contributed by atoms with Crippen LogP contribution in [0.4, 0.5) is 11.4 Å². The van der Waals surface area contributed by atoms with E-state index in [0.717, 1.165) is 12.8 Å². The monoisotopic (exact) mass is 284 g/mol. The number of benzene rings is 1. The number of hydrogen-bond donors (Lipinski definition) is 1. The number of nitro benzene ring substituents is 1. The van der Waals surface area contributed by atoms with Gasteiger partial charge in [-0.15, -0.1) is 11.6 Å². The van der Waals surface area contributed by atoms with Gasteiger partial charge in [0.05, 0.1) is 4.92 Å². The first kappa shape index (κ1) is 15.4. The summed E-state index contributed by atoms with van der Waals surface area (Å²) in [6, 6.07) is 3.11. The Kier molecular flexibility index (Phi) is 5.76. The van der Waals surface area contributed by atoms with Crippen molar-refractivity contribution in [2.75, 3.05) is 11.2 Å². The number of anilines is 1. The van der Waals surface area contributed by atoms with Crippen LogP contribution in [0.2, 0.25) is 0 Å². The molecule has 0 spiro atoms. The molecule has 0 fully saturated rings. The summed E-state index contributed by atoms with van der Waals surface area (Å²) in [4.78, 5) is 22.0. The standard InChI is InChI=1S/C13H17ClN2O3/c1-9-8-12(16(18)19)10(2)7-11(9)15-13(17)5-3-4-6-14/h7-8H,3-6H2,1-2H3,(H,15,17). The number of rotatable bonds is 6. The number of hydrogen-bond acceptors (Lipinski definition) is 3. The number of nitrogens with one attached hydrogen (secondary N) is 1. The summed E-state index contributed by atoms with van der Waals surface area (Å²) in [5.41, 5.74) is 1.91. The highest BCUT2D eigenvalue weighted by Gasteiger charge is 2.14. The summed E-state index contributed by atoms with van der Waals surface area (Å²) < 4.78 is 0. The molecule has 104 valence electrons. The number of amides is 1. The number of unbranched alkanes of at least 4 members (excludes halogenated alkanes) is 1. The molecule has 1 rings (SSSR count). The second kappa shape index (κ2) is 7.09. The minimum Gasteiger partial charge on any atom is -0.326 e. The molecule has 19 heavy (non-hydrogen) atoms. The lowest BCUT2D eigenvalue weighted by atomic mass is 10.1. The number of halogens is 1. The molecule has 0 atom stereocenters. The van der Waals surface area contributed by atoms with E-state index in [4.69, 9.17) is 11.6 Å². The Hall–Kier alpha value is -1.62. The second-order valence-corrected chi connectivity index (χ2v) is 4.78. The lowest BCUT2D eigenvalue weighted by Gasteiger charge is -2.09. The molecule has 1 aromatic carbocycles. The molecule has 1 N–H and O–H groups in total. The van der Waals surface area contributed by atoms with E-state index in [1.165, 1.54) is 6.07 Å². The summed E-state index contributed by atoms with van der Waals surface area (Å²) in [6.07, 6.45) is 1.94. The van der Waals surface area contributed by atoms with Crippen LogP contribution in [0.15, 0.2) is 12.1 Å². The third-order valence-corrected chi connectivity index (χ3v) is 3.07. The molecule has 0 aliphatic heterocycles. The molecule has 0 saturated heterocycles. The highest BCUT2D eigenvalue weighted by Crippen LogP contribution is 2.26. The number of carbonyl (C=O) groups excluding carboxylic acids is 1. The van der Waals surface area contributed by atoms with E-state index in [2.05, 4.69) is 5.32 Å². The molecule has 0 radical (unpaired) electrons. The minimum atomic E-state index is -0.422. The van der Waals surface area contributed by atoms with Crippen molar-refractivity contribution in [3.05, 3.63) is 33.4 Å². The lowest BCUT2D eigenvalue weighted by molar-refractivity contribution is -0.385. The van der Waals surface area contributed by atoms with Crippen molar-refractivity contribution < 1.29 is 9.72 Å². The topological polar surface area (TPSA) is 72.2 Å². The first-order valence-corrected chi connectivity index (χ1v) is 6.60. The summed E-state index contributed by atoms with van der Waals surface area (Å²) in [7, 11) is 0. The van der Waals surface area contributed by atoms with E-state index in [1.807, 2.05) is 0 Å². The van der Waals surface area contributed by atoms with Crippen molar-refractivity contribution in [1.82, 2.24) is 0 Å². The van der Waals surface area contributed by atoms with Crippen molar-refractivity contribution in [3.8, 4) is 0 Å². The number of carbonyl (C=O) groups is 1. The maximum atomic E-state index is 11.7. The number of alkyl halides is 1.